The molecule has 1 heterocycles. The molecule has 2 N–H and O–H groups in total. The molecule has 0 spiro atoms. The molecule has 9 nitrogen and oxygen atoms in total. The number of ether oxygens (including phenoxy) is 1. The molecule has 0 bridgehead atoms. The van der Waals surface area contributed by atoms with Gasteiger partial charge in [-0.25, -0.2) is 12.8 Å². The van der Waals surface area contributed by atoms with E-state index in [-0.39, 0.29) is 36.9 Å². The van der Waals surface area contributed by atoms with Crippen LogP contribution >= 0.6 is 0 Å². The fourth-order valence-corrected chi connectivity index (χ4v) is 5.45. The molecule has 11 heteroatoms. The van der Waals surface area contributed by atoms with Gasteiger partial charge < -0.3 is 15.4 Å². The van der Waals surface area contributed by atoms with E-state index in [2.05, 4.69) is 10.6 Å². The van der Waals surface area contributed by atoms with Gasteiger partial charge in [-0.15, -0.1) is 0 Å². The van der Waals surface area contributed by atoms with Crippen LogP contribution < -0.4 is 15.4 Å². The Kier molecular flexibility index (Phi) is 9.76. The molecule has 2 aromatic carbocycles. The molecule has 0 aromatic heterocycles. The minimum absolute atomic E-state index is 0.0606. The molecule has 0 aliphatic carbocycles. The molecule has 1 saturated heterocycles. The van der Waals surface area contributed by atoms with Gasteiger partial charge in [0.15, 0.2) is 12.4 Å². The third-order valence-corrected chi connectivity index (χ3v) is 7.72. The first-order chi connectivity index (χ1) is 17.6. The summed E-state index contributed by atoms with van der Waals surface area (Å²) >= 11 is 0. The van der Waals surface area contributed by atoms with Gasteiger partial charge in [-0.2, -0.15) is 4.31 Å². The normalized spacial score (nSPS) is 17.6. The van der Waals surface area contributed by atoms with Crippen molar-refractivity contribution in [3.63, 3.8) is 0 Å². The van der Waals surface area contributed by atoms with Gasteiger partial charge in [0.2, 0.25) is 15.9 Å². The Morgan fingerprint density at radius 1 is 1.11 bits per heavy atom. The van der Waals surface area contributed by atoms with Crippen molar-refractivity contribution in [1.82, 2.24) is 14.9 Å². The highest BCUT2D eigenvalue weighted by Gasteiger charge is 2.34. The molecule has 1 aliphatic heterocycles. The molecule has 1 fully saturated rings. The Balaban J connectivity index is 1.60. The maximum absolute atomic E-state index is 13.1. The number of Topliss-reactive ketones (excluding diaryl/α,β-unsaturated/α-hetero) is 1. The maximum Gasteiger partial charge on any atom is 0.258 e. The third kappa shape index (κ3) is 8.09. The number of halogens is 1. The first-order valence-electron chi connectivity index (χ1n) is 12.1. The lowest BCUT2D eigenvalue weighted by molar-refractivity contribution is -0.132. The fraction of sp³-hybridized carbons (Fsp3) is 0.423. The van der Waals surface area contributed by atoms with Crippen molar-refractivity contribution in [3.05, 3.63) is 60.4 Å². The van der Waals surface area contributed by atoms with E-state index < -0.39 is 45.5 Å². The van der Waals surface area contributed by atoms with Crippen molar-refractivity contribution in [2.45, 2.75) is 50.1 Å². The number of hydrogen-bond acceptors (Lipinski definition) is 6. The smallest absolute Gasteiger partial charge is 0.258 e. The summed E-state index contributed by atoms with van der Waals surface area (Å²) < 4.78 is 45.4. The topological polar surface area (TPSA) is 122 Å². The molecular weight excluding hydrogens is 501 g/mol. The number of ketones is 1. The second-order valence-corrected chi connectivity index (χ2v) is 11.3. The summed E-state index contributed by atoms with van der Waals surface area (Å²) in [5, 5.41) is 5.34. The van der Waals surface area contributed by atoms with Crippen molar-refractivity contribution in [1.29, 1.82) is 0 Å². The van der Waals surface area contributed by atoms with Crippen LogP contribution in [0.2, 0.25) is 0 Å². The van der Waals surface area contributed by atoms with Gasteiger partial charge in [0.1, 0.15) is 17.6 Å². The predicted octanol–water partition coefficient (Wildman–Crippen LogP) is 2.27. The van der Waals surface area contributed by atoms with Gasteiger partial charge in [0.05, 0.1) is 17.5 Å². The summed E-state index contributed by atoms with van der Waals surface area (Å²) in [5.74, 6) is -1.55. The number of amides is 2. The quantitative estimate of drug-likeness (QED) is 0.483. The van der Waals surface area contributed by atoms with E-state index in [4.69, 9.17) is 4.74 Å². The van der Waals surface area contributed by atoms with Gasteiger partial charge in [0.25, 0.3) is 5.91 Å². The van der Waals surface area contributed by atoms with Crippen LogP contribution in [0.3, 0.4) is 0 Å². The van der Waals surface area contributed by atoms with Crippen molar-refractivity contribution >= 4 is 27.6 Å². The Labute approximate surface area is 216 Å². The number of sulfonamides is 1. The van der Waals surface area contributed by atoms with Crippen LogP contribution in [0.1, 0.15) is 33.1 Å². The highest BCUT2D eigenvalue weighted by atomic mass is 32.2. The van der Waals surface area contributed by atoms with Crippen LogP contribution in [0.25, 0.3) is 0 Å². The first-order valence-corrected chi connectivity index (χ1v) is 13.6. The van der Waals surface area contributed by atoms with E-state index in [1.165, 1.54) is 36.4 Å². The maximum atomic E-state index is 13.1. The van der Waals surface area contributed by atoms with Crippen LogP contribution in [-0.2, 0) is 24.4 Å². The number of carbonyl (C=O) groups is 3. The van der Waals surface area contributed by atoms with Crippen molar-refractivity contribution < 1.29 is 31.9 Å². The Morgan fingerprint density at radius 2 is 1.78 bits per heavy atom. The summed E-state index contributed by atoms with van der Waals surface area (Å²) in [6.07, 6.45) is 0.987. The molecule has 200 valence electrons. The molecular formula is C26H32FN3O6S. The zero-order valence-corrected chi connectivity index (χ0v) is 21.7. The Hall–Kier alpha value is -3.31. The zero-order valence-electron chi connectivity index (χ0n) is 20.9. The van der Waals surface area contributed by atoms with Gasteiger partial charge in [-0.05, 0) is 61.6 Å². The highest BCUT2D eigenvalue weighted by Crippen LogP contribution is 2.19. The van der Waals surface area contributed by atoms with Gasteiger partial charge >= 0.3 is 0 Å². The number of rotatable bonds is 10. The Morgan fingerprint density at radius 3 is 2.43 bits per heavy atom. The largest absolute Gasteiger partial charge is 0.484 e. The minimum atomic E-state index is -3.84. The number of carbonyl (C=O) groups excluding carboxylic acids is 3. The number of hydrogen-bond donors (Lipinski definition) is 2. The summed E-state index contributed by atoms with van der Waals surface area (Å²) in [6, 6.07) is 11.3. The molecule has 2 atom stereocenters. The SMILES string of the molecule is CC(C)CC(NC(=O)COc1ccc(F)cc1)C(=O)NC1CCCN(S(=O)(=O)c2ccccc2)CC1=O. The van der Waals surface area contributed by atoms with E-state index in [9.17, 15) is 27.2 Å². The molecule has 1 aliphatic rings. The second kappa shape index (κ2) is 12.8. The van der Waals surface area contributed by atoms with Gasteiger partial charge in [-0.1, -0.05) is 32.0 Å². The van der Waals surface area contributed by atoms with Crippen LogP contribution in [0.4, 0.5) is 4.39 Å². The monoisotopic (exact) mass is 533 g/mol. The van der Waals surface area contributed by atoms with E-state index in [0.717, 1.165) is 4.31 Å². The van der Waals surface area contributed by atoms with Gasteiger partial charge in [-0.3, -0.25) is 14.4 Å². The van der Waals surface area contributed by atoms with Crippen molar-refractivity contribution in [2.75, 3.05) is 19.7 Å². The molecule has 0 radical (unpaired) electrons. The average Bonchev–Trinajstić information content (AvgIpc) is 3.05. The lowest BCUT2D eigenvalue weighted by atomic mass is 10.0. The lowest BCUT2D eigenvalue weighted by Gasteiger charge is -2.23. The van der Waals surface area contributed by atoms with E-state index in [0.29, 0.717) is 18.6 Å². The molecule has 2 amide bonds. The number of benzene rings is 2. The van der Waals surface area contributed by atoms with Crippen LogP contribution in [-0.4, -0.2) is 62.1 Å². The molecule has 2 unspecified atom stereocenters. The Bertz CT molecular complexity index is 1190. The lowest BCUT2D eigenvalue weighted by Crippen LogP contribution is -2.53. The predicted molar refractivity (Wildman–Crippen MR) is 135 cm³/mol. The van der Waals surface area contributed by atoms with E-state index >= 15 is 0 Å². The minimum Gasteiger partial charge on any atom is -0.484 e. The summed E-state index contributed by atoms with van der Waals surface area (Å²) in [7, 11) is -3.84. The zero-order chi connectivity index (χ0) is 27.0. The molecule has 3 rings (SSSR count). The van der Waals surface area contributed by atoms with Crippen LogP contribution in [0.5, 0.6) is 5.75 Å². The fourth-order valence-electron chi connectivity index (χ4n) is 3.99. The van der Waals surface area contributed by atoms with E-state index in [1.807, 2.05) is 13.8 Å². The molecule has 2 aromatic rings. The summed E-state index contributed by atoms with van der Waals surface area (Å²) in [4.78, 5) is 38.5. The summed E-state index contributed by atoms with van der Waals surface area (Å²) in [6.45, 7) is 3.22. The first kappa shape index (κ1) is 28.3. The van der Waals surface area contributed by atoms with Gasteiger partial charge in [0, 0.05) is 6.54 Å². The summed E-state index contributed by atoms with van der Waals surface area (Å²) in [5.41, 5.74) is 0. The average molecular weight is 534 g/mol. The van der Waals surface area contributed by atoms with Crippen LogP contribution in [0.15, 0.2) is 59.5 Å². The molecule has 37 heavy (non-hydrogen) atoms. The number of nitrogens with zero attached hydrogens (tertiary/aromatic N) is 1. The highest BCUT2D eigenvalue weighted by molar-refractivity contribution is 7.89. The van der Waals surface area contributed by atoms with Crippen LogP contribution in [0, 0.1) is 11.7 Å². The number of nitrogens with one attached hydrogen (secondary N) is 2. The van der Waals surface area contributed by atoms with Crippen molar-refractivity contribution in [3.8, 4) is 5.75 Å². The van der Waals surface area contributed by atoms with E-state index in [1.54, 1.807) is 18.2 Å². The second-order valence-electron chi connectivity index (χ2n) is 9.31. The standard InChI is InChI=1S/C26H32FN3O6S/c1-18(2)15-23(28-25(32)17-36-20-12-10-19(27)11-13-20)26(33)29-22-9-6-14-30(16-24(22)31)37(34,35)21-7-4-3-5-8-21/h3-5,7-8,10-13,18,22-23H,6,9,14-17H2,1-2H3,(H,28,32)(H,29,33). The van der Waals surface area contributed by atoms with Crippen molar-refractivity contribution in [2.24, 2.45) is 5.92 Å². The third-order valence-electron chi connectivity index (χ3n) is 5.86. The molecule has 0 saturated carbocycles.